The summed E-state index contributed by atoms with van der Waals surface area (Å²) >= 11 is 2.21. The van der Waals surface area contributed by atoms with Crippen LogP contribution >= 0.6 is 22.6 Å². The minimum atomic E-state index is -0.352. The highest BCUT2D eigenvalue weighted by atomic mass is 127. The number of hydrogen-bond acceptors (Lipinski definition) is 4. The molecule has 0 fully saturated rings. The lowest BCUT2D eigenvalue weighted by Crippen LogP contribution is -2.25. The number of ketones is 2. The quantitative estimate of drug-likeness (QED) is 0.270. The standard InChI is InChI=1S/C27H17IN2O3/c28-19-12-6-7-13-20(19)29-21-14-15-22(30-27(33)16-8-2-1-3-9-16)24-23(21)25(31)17-10-4-5-11-18(17)26(24)32/h1-15,29H,(H,30,33). The van der Waals surface area contributed by atoms with Crippen LogP contribution in [0.3, 0.4) is 0 Å². The van der Waals surface area contributed by atoms with Gasteiger partial charge in [0, 0.05) is 20.3 Å². The van der Waals surface area contributed by atoms with E-state index in [0.717, 1.165) is 9.26 Å². The van der Waals surface area contributed by atoms with Crippen molar-refractivity contribution >= 4 is 57.1 Å². The zero-order chi connectivity index (χ0) is 22.9. The molecule has 0 atom stereocenters. The van der Waals surface area contributed by atoms with Gasteiger partial charge in [0.1, 0.15) is 0 Å². The number of nitrogens with one attached hydrogen (secondary N) is 2. The van der Waals surface area contributed by atoms with Crippen LogP contribution in [0.2, 0.25) is 0 Å². The maximum absolute atomic E-state index is 13.6. The van der Waals surface area contributed by atoms with Crippen LogP contribution in [0, 0.1) is 3.57 Å². The fourth-order valence-electron chi connectivity index (χ4n) is 3.92. The van der Waals surface area contributed by atoms with E-state index in [1.54, 1.807) is 60.7 Å². The Hall–Kier alpha value is -3.78. The van der Waals surface area contributed by atoms with Gasteiger partial charge in [0.25, 0.3) is 5.91 Å². The second kappa shape index (κ2) is 8.63. The van der Waals surface area contributed by atoms with Crippen molar-refractivity contribution in [3.63, 3.8) is 0 Å². The molecule has 0 radical (unpaired) electrons. The van der Waals surface area contributed by atoms with Crippen molar-refractivity contribution in [1.82, 2.24) is 0 Å². The molecule has 2 N–H and O–H groups in total. The highest BCUT2D eigenvalue weighted by Crippen LogP contribution is 2.38. The summed E-state index contributed by atoms with van der Waals surface area (Å²) in [5.74, 6) is -0.908. The van der Waals surface area contributed by atoms with Crippen LogP contribution in [0.15, 0.2) is 91.0 Å². The Balaban J connectivity index is 1.65. The minimum absolute atomic E-state index is 0.193. The summed E-state index contributed by atoms with van der Waals surface area (Å²) < 4.78 is 0.972. The van der Waals surface area contributed by atoms with Crippen LogP contribution in [-0.2, 0) is 0 Å². The fourth-order valence-corrected chi connectivity index (χ4v) is 4.45. The number of rotatable bonds is 4. The van der Waals surface area contributed by atoms with Crippen molar-refractivity contribution in [2.75, 3.05) is 10.6 Å². The molecule has 0 aromatic heterocycles. The predicted molar refractivity (Wildman–Crippen MR) is 137 cm³/mol. The number of hydrogen-bond donors (Lipinski definition) is 2. The van der Waals surface area contributed by atoms with E-state index in [1.807, 2.05) is 30.3 Å². The number of carbonyl (C=O) groups is 3. The highest BCUT2D eigenvalue weighted by Gasteiger charge is 2.34. The SMILES string of the molecule is O=C(Nc1ccc(Nc2ccccc2I)c2c1C(=O)c1ccccc1C2=O)c1ccccc1. The van der Waals surface area contributed by atoms with E-state index in [4.69, 9.17) is 0 Å². The van der Waals surface area contributed by atoms with Crippen molar-refractivity contribution in [3.05, 3.63) is 122 Å². The Bertz CT molecular complexity index is 1430. The second-order valence-corrected chi connectivity index (χ2v) is 8.70. The van der Waals surface area contributed by atoms with Gasteiger partial charge in [-0.2, -0.15) is 0 Å². The van der Waals surface area contributed by atoms with Gasteiger partial charge < -0.3 is 10.6 Å². The zero-order valence-electron chi connectivity index (χ0n) is 17.3. The van der Waals surface area contributed by atoms with Crippen LogP contribution in [0.25, 0.3) is 0 Å². The molecular weight excluding hydrogens is 527 g/mol. The highest BCUT2D eigenvalue weighted by molar-refractivity contribution is 14.1. The molecule has 33 heavy (non-hydrogen) atoms. The number of fused-ring (bicyclic) bond motifs is 2. The van der Waals surface area contributed by atoms with Gasteiger partial charge in [0.2, 0.25) is 0 Å². The number of halogens is 1. The van der Waals surface area contributed by atoms with E-state index in [0.29, 0.717) is 28.1 Å². The van der Waals surface area contributed by atoms with Gasteiger partial charge in [0.05, 0.1) is 28.2 Å². The van der Waals surface area contributed by atoms with E-state index in [1.165, 1.54) is 0 Å². The lowest BCUT2D eigenvalue weighted by Gasteiger charge is -2.24. The van der Waals surface area contributed by atoms with Crippen LogP contribution in [0.5, 0.6) is 0 Å². The monoisotopic (exact) mass is 544 g/mol. The molecule has 0 spiro atoms. The minimum Gasteiger partial charge on any atom is -0.354 e. The summed E-state index contributed by atoms with van der Waals surface area (Å²) in [5, 5.41) is 6.13. The molecule has 0 saturated carbocycles. The van der Waals surface area contributed by atoms with Gasteiger partial charge >= 0.3 is 0 Å². The molecule has 0 bridgehead atoms. The van der Waals surface area contributed by atoms with Crippen LogP contribution < -0.4 is 10.6 Å². The molecule has 4 aromatic carbocycles. The lowest BCUT2D eigenvalue weighted by molar-refractivity contribution is 0.0979. The normalized spacial score (nSPS) is 12.0. The first-order chi connectivity index (χ1) is 16.0. The summed E-state index contributed by atoms with van der Waals surface area (Å²) in [4.78, 5) is 39.9. The molecule has 1 amide bonds. The largest absolute Gasteiger partial charge is 0.354 e. The maximum Gasteiger partial charge on any atom is 0.255 e. The number of benzene rings is 4. The predicted octanol–water partition coefficient (Wildman–Crippen LogP) is 6.06. The molecule has 0 unspecified atom stereocenters. The third-order valence-electron chi connectivity index (χ3n) is 5.50. The van der Waals surface area contributed by atoms with E-state index in [9.17, 15) is 14.4 Å². The Morgan fingerprint density at radius 1 is 0.606 bits per heavy atom. The van der Waals surface area contributed by atoms with Gasteiger partial charge in [-0.3, -0.25) is 14.4 Å². The van der Waals surface area contributed by atoms with Crippen LogP contribution in [0.4, 0.5) is 17.1 Å². The molecule has 1 aliphatic rings. The van der Waals surface area contributed by atoms with Crippen molar-refractivity contribution in [3.8, 4) is 0 Å². The molecule has 160 valence electrons. The van der Waals surface area contributed by atoms with Gasteiger partial charge in [-0.15, -0.1) is 0 Å². The van der Waals surface area contributed by atoms with Crippen molar-refractivity contribution < 1.29 is 14.4 Å². The Morgan fingerprint density at radius 3 is 1.82 bits per heavy atom. The fraction of sp³-hybridized carbons (Fsp3) is 0. The summed E-state index contributed by atoms with van der Waals surface area (Å²) in [6.45, 7) is 0. The Morgan fingerprint density at radius 2 is 1.15 bits per heavy atom. The number of carbonyl (C=O) groups excluding carboxylic acids is 3. The van der Waals surface area contributed by atoms with Crippen molar-refractivity contribution in [1.29, 1.82) is 0 Å². The maximum atomic E-state index is 13.6. The topological polar surface area (TPSA) is 75.3 Å². The summed E-state index contributed by atoms with van der Waals surface area (Å²) in [6, 6.07) is 26.6. The lowest BCUT2D eigenvalue weighted by atomic mass is 9.82. The second-order valence-electron chi connectivity index (χ2n) is 7.54. The molecule has 0 heterocycles. The third kappa shape index (κ3) is 3.82. The van der Waals surface area contributed by atoms with Crippen molar-refractivity contribution in [2.24, 2.45) is 0 Å². The third-order valence-corrected chi connectivity index (χ3v) is 6.44. The van der Waals surface area contributed by atoms with Gasteiger partial charge in [-0.25, -0.2) is 0 Å². The number of anilines is 3. The van der Waals surface area contributed by atoms with Gasteiger partial charge in [0.15, 0.2) is 11.6 Å². The average molecular weight is 544 g/mol. The smallest absolute Gasteiger partial charge is 0.255 e. The molecular formula is C27H17IN2O3. The molecule has 5 nitrogen and oxygen atoms in total. The molecule has 5 rings (SSSR count). The van der Waals surface area contributed by atoms with E-state index < -0.39 is 0 Å². The Kier molecular flexibility index (Phi) is 5.51. The summed E-state index contributed by atoms with van der Waals surface area (Å²) in [7, 11) is 0. The summed E-state index contributed by atoms with van der Waals surface area (Å²) in [6.07, 6.45) is 0. The molecule has 6 heteroatoms. The molecule has 0 aliphatic heterocycles. The Labute approximate surface area is 204 Å². The molecule has 4 aromatic rings. The molecule has 0 saturated heterocycles. The number of amides is 1. The van der Waals surface area contributed by atoms with Crippen molar-refractivity contribution in [2.45, 2.75) is 0 Å². The summed E-state index contributed by atoms with van der Waals surface area (Å²) in [5.41, 5.74) is 3.23. The van der Waals surface area contributed by atoms with E-state index in [-0.39, 0.29) is 28.6 Å². The van der Waals surface area contributed by atoms with Gasteiger partial charge in [-0.05, 0) is 59.0 Å². The first-order valence-electron chi connectivity index (χ1n) is 10.3. The zero-order valence-corrected chi connectivity index (χ0v) is 19.4. The number of para-hydroxylation sites is 1. The van der Waals surface area contributed by atoms with Crippen LogP contribution in [0.1, 0.15) is 42.2 Å². The first kappa shape index (κ1) is 21.1. The van der Waals surface area contributed by atoms with E-state index >= 15 is 0 Å². The van der Waals surface area contributed by atoms with Crippen LogP contribution in [-0.4, -0.2) is 17.5 Å². The van der Waals surface area contributed by atoms with Gasteiger partial charge in [-0.1, -0.05) is 54.6 Å². The van der Waals surface area contributed by atoms with E-state index in [2.05, 4.69) is 33.2 Å². The first-order valence-corrected chi connectivity index (χ1v) is 11.4. The average Bonchev–Trinajstić information content (AvgIpc) is 2.85. The molecule has 1 aliphatic carbocycles.